The number of rotatable bonds is 10. The highest BCUT2D eigenvalue weighted by atomic mass is 16.5. The molecule has 0 radical (unpaired) electrons. The lowest BCUT2D eigenvalue weighted by Crippen LogP contribution is -2.69. The zero-order valence-electron chi connectivity index (χ0n) is 23.4. The van der Waals surface area contributed by atoms with Crippen molar-refractivity contribution in [3.8, 4) is 23.1 Å². The molecule has 11 nitrogen and oxygen atoms in total. The van der Waals surface area contributed by atoms with Crippen molar-refractivity contribution in [2.45, 2.75) is 37.5 Å². The first-order valence-electron chi connectivity index (χ1n) is 15.1. The maximum Gasteiger partial charge on any atom is 0.147 e. The first kappa shape index (κ1) is 25.4. The van der Waals surface area contributed by atoms with Gasteiger partial charge in [-0.25, -0.2) is 9.50 Å². The molecule has 1 saturated carbocycles. The van der Waals surface area contributed by atoms with Gasteiger partial charge in [0.2, 0.25) is 0 Å². The van der Waals surface area contributed by atoms with E-state index in [1.54, 1.807) is 10.7 Å². The third-order valence-corrected chi connectivity index (χ3v) is 9.66. The third kappa shape index (κ3) is 4.93. The van der Waals surface area contributed by atoms with Crippen LogP contribution in [-0.4, -0.2) is 113 Å². The number of piperazine rings is 1. The van der Waals surface area contributed by atoms with Gasteiger partial charge in [0.25, 0.3) is 0 Å². The summed E-state index contributed by atoms with van der Waals surface area (Å²) in [6, 6.07) is 5.37. The molecule has 5 saturated heterocycles. The van der Waals surface area contributed by atoms with Crippen LogP contribution in [0.4, 0.5) is 5.82 Å². The number of nitrogens with one attached hydrogen (secondary N) is 1. The summed E-state index contributed by atoms with van der Waals surface area (Å²) in [7, 11) is 0. The number of likely N-dealkylation sites (tertiary alicyclic amines) is 1. The van der Waals surface area contributed by atoms with E-state index in [4.69, 9.17) is 19.4 Å². The normalized spacial score (nSPS) is 27.6. The molecular formula is C30H37N9O2. The Bertz CT molecular complexity index is 1420. The van der Waals surface area contributed by atoms with Gasteiger partial charge in [-0.2, -0.15) is 10.4 Å². The number of aromatic nitrogens is 4. The minimum absolute atomic E-state index is 0.511. The number of hydrogen-bond donors (Lipinski definition) is 1. The van der Waals surface area contributed by atoms with Gasteiger partial charge in [0.15, 0.2) is 0 Å². The van der Waals surface area contributed by atoms with Crippen molar-refractivity contribution in [1.82, 2.24) is 34.7 Å². The lowest BCUT2D eigenvalue weighted by Gasteiger charge is -2.56. The number of nitriles is 1. The number of piperidine rings is 1. The number of ether oxygens (including phenoxy) is 2. The predicted octanol–water partition coefficient (Wildman–Crippen LogP) is 1.63. The molecule has 0 amide bonds. The van der Waals surface area contributed by atoms with Crippen LogP contribution in [0.15, 0.2) is 30.9 Å². The van der Waals surface area contributed by atoms with Gasteiger partial charge in [0, 0.05) is 56.9 Å². The monoisotopic (exact) mass is 555 g/mol. The highest BCUT2D eigenvalue weighted by Gasteiger charge is 2.44. The molecule has 3 aromatic heterocycles. The van der Waals surface area contributed by atoms with E-state index in [0.29, 0.717) is 41.8 Å². The fraction of sp³-hybridized carbons (Fsp3) is 0.600. The molecule has 5 aliphatic heterocycles. The van der Waals surface area contributed by atoms with Gasteiger partial charge in [0.1, 0.15) is 24.2 Å². The fourth-order valence-corrected chi connectivity index (χ4v) is 7.30. The zero-order valence-corrected chi connectivity index (χ0v) is 23.4. The Kier molecular flexibility index (Phi) is 6.52. The van der Waals surface area contributed by atoms with Crippen molar-refractivity contribution in [1.29, 1.82) is 5.26 Å². The number of hydrogen-bond acceptors (Lipinski definition) is 10. The van der Waals surface area contributed by atoms with Crippen LogP contribution in [0.25, 0.3) is 16.8 Å². The van der Waals surface area contributed by atoms with E-state index < -0.39 is 0 Å². The van der Waals surface area contributed by atoms with Crippen LogP contribution in [0, 0.1) is 23.2 Å². The highest BCUT2D eigenvalue weighted by Crippen LogP contribution is 2.35. The quantitative estimate of drug-likeness (QED) is 0.397. The number of pyridine rings is 1. The molecule has 8 heterocycles. The highest BCUT2D eigenvalue weighted by molar-refractivity contribution is 5.83. The molecule has 0 aromatic carbocycles. The topological polar surface area (TPSA) is 107 Å². The third-order valence-electron chi connectivity index (χ3n) is 9.66. The molecular weight excluding hydrogens is 518 g/mol. The molecule has 41 heavy (non-hydrogen) atoms. The van der Waals surface area contributed by atoms with Gasteiger partial charge in [-0.05, 0) is 50.3 Å². The molecule has 214 valence electrons. The van der Waals surface area contributed by atoms with Crippen LogP contribution in [0.1, 0.15) is 24.8 Å². The lowest BCUT2D eigenvalue weighted by atomic mass is 9.87. The first-order valence-corrected chi connectivity index (χ1v) is 15.1. The molecule has 11 heteroatoms. The Labute approximate surface area is 240 Å². The molecule has 2 bridgehead atoms. The summed E-state index contributed by atoms with van der Waals surface area (Å²) in [5, 5.41) is 17.7. The van der Waals surface area contributed by atoms with Crippen molar-refractivity contribution in [2.75, 3.05) is 70.5 Å². The van der Waals surface area contributed by atoms with Gasteiger partial charge in [-0.15, -0.1) is 0 Å². The molecule has 1 aliphatic carbocycles. The minimum Gasteiger partial charge on any atom is -0.491 e. The lowest BCUT2D eigenvalue weighted by molar-refractivity contribution is -0.0260. The van der Waals surface area contributed by atoms with Crippen LogP contribution in [-0.2, 0) is 4.74 Å². The summed E-state index contributed by atoms with van der Waals surface area (Å²) < 4.78 is 13.8. The minimum atomic E-state index is 0.511. The molecule has 3 aromatic rings. The van der Waals surface area contributed by atoms with Crippen molar-refractivity contribution in [3.63, 3.8) is 0 Å². The van der Waals surface area contributed by atoms with E-state index in [0.717, 1.165) is 87.7 Å². The number of fused-ring (bicyclic) bond motifs is 4. The molecule has 6 aliphatic rings. The molecule has 4 unspecified atom stereocenters. The Morgan fingerprint density at radius 2 is 1.80 bits per heavy atom. The average Bonchev–Trinajstić information content (AvgIpc) is 3.37. The van der Waals surface area contributed by atoms with E-state index in [-0.39, 0.29) is 0 Å². The summed E-state index contributed by atoms with van der Waals surface area (Å²) in [6.07, 6.45) is 11.4. The van der Waals surface area contributed by atoms with Crippen molar-refractivity contribution in [3.05, 3.63) is 36.4 Å². The van der Waals surface area contributed by atoms with Crippen molar-refractivity contribution < 1.29 is 9.47 Å². The molecule has 0 spiro atoms. The number of nitrogens with zero attached hydrogens (tertiary/aromatic N) is 8. The Morgan fingerprint density at radius 1 is 0.976 bits per heavy atom. The SMILES string of the molecule is N#Cc1cnn2cc(OCCN3CC4CNCC4C3)cc(-c3cnc(N4CC5CC(C4)N5CCOC4CC4)cn3)c12. The average molecular weight is 556 g/mol. The van der Waals surface area contributed by atoms with Crippen LogP contribution >= 0.6 is 0 Å². The van der Waals surface area contributed by atoms with E-state index >= 15 is 0 Å². The van der Waals surface area contributed by atoms with E-state index in [1.165, 1.54) is 19.3 Å². The first-order chi connectivity index (χ1) is 20.2. The predicted molar refractivity (Wildman–Crippen MR) is 153 cm³/mol. The second-order valence-electron chi connectivity index (χ2n) is 12.4. The van der Waals surface area contributed by atoms with Crippen molar-refractivity contribution in [2.24, 2.45) is 11.8 Å². The Morgan fingerprint density at radius 3 is 2.54 bits per heavy atom. The second kappa shape index (κ2) is 10.5. The Hall–Kier alpha value is -3.30. The van der Waals surface area contributed by atoms with Crippen LogP contribution < -0.4 is 15.0 Å². The summed E-state index contributed by atoms with van der Waals surface area (Å²) in [5.74, 6) is 3.16. The second-order valence-corrected chi connectivity index (χ2v) is 12.4. The van der Waals surface area contributed by atoms with E-state index in [2.05, 4.69) is 31.2 Å². The largest absolute Gasteiger partial charge is 0.491 e. The molecule has 1 N–H and O–H groups in total. The molecule has 4 atom stereocenters. The maximum atomic E-state index is 9.75. The Balaban J connectivity index is 0.949. The van der Waals surface area contributed by atoms with Gasteiger partial charge in [-0.1, -0.05) is 0 Å². The maximum absolute atomic E-state index is 9.75. The molecule has 6 fully saturated rings. The number of anilines is 1. The standard InChI is InChI=1S/C30H37N9O2/c31-9-20-12-35-39-19-26(41-5-3-36-15-21-10-32-11-22(21)16-36)8-27(30(20)39)28-13-34-29(14-33-28)37-17-23-7-24(18-37)38(23)4-6-40-25-1-2-25/h8,12-14,19,21-25,32H,1-7,10-11,15-18H2. The smallest absolute Gasteiger partial charge is 0.147 e. The van der Waals surface area contributed by atoms with Gasteiger partial charge in [0.05, 0.1) is 54.3 Å². The van der Waals surface area contributed by atoms with Gasteiger partial charge < -0.3 is 19.7 Å². The summed E-state index contributed by atoms with van der Waals surface area (Å²) in [4.78, 5) is 17.1. The molecule has 9 rings (SSSR count). The summed E-state index contributed by atoms with van der Waals surface area (Å²) in [6.45, 7) is 9.88. The van der Waals surface area contributed by atoms with Gasteiger partial charge >= 0.3 is 0 Å². The van der Waals surface area contributed by atoms with Crippen LogP contribution in [0.5, 0.6) is 5.75 Å². The zero-order chi connectivity index (χ0) is 27.3. The van der Waals surface area contributed by atoms with Crippen LogP contribution in [0.2, 0.25) is 0 Å². The summed E-state index contributed by atoms with van der Waals surface area (Å²) >= 11 is 0. The van der Waals surface area contributed by atoms with Crippen LogP contribution in [0.3, 0.4) is 0 Å². The van der Waals surface area contributed by atoms with E-state index in [1.807, 2.05) is 24.7 Å². The van der Waals surface area contributed by atoms with E-state index in [9.17, 15) is 5.26 Å². The van der Waals surface area contributed by atoms with Crippen molar-refractivity contribution >= 4 is 11.3 Å². The van der Waals surface area contributed by atoms with Gasteiger partial charge in [-0.3, -0.25) is 14.8 Å². The summed E-state index contributed by atoms with van der Waals surface area (Å²) in [5.41, 5.74) is 2.75. The fourth-order valence-electron chi connectivity index (χ4n) is 7.30.